The maximum Gasteiger partial charge on any atom is 0.257 e. The Kier molecular flexibility index (Phi) is 5.65. The number of aliphatic hydroxyl groups is 2. The third-order valence-electron chi connectivity index (χ3n) is 4.82. The highest BCUT2D eigenvalue weighted by Crippen LogP contribution is 2.35. The van der Waals surface area contributed by atoms with E-state index in [0.717, 1.165) is 12.0 Å². The molecule has 2 rings (SSSR count). The summed E-state index contributed by atoms with van der Waals surface area (Å²) in [4.78, 5) is 14.6. The van der Waals surface area contributed by atoms with Crippen molar-refractivity contribution in [2.75, 3.05) is 26.8 Å². The van der Waals surface area contributed by atoms with Crippen LogP contribution < -0.4 is 4.74 Å². The van der Waals surface area contributed by atoms with Crippen molar-refractivity contribution in [1.82, 2.24) is 4.90 Å². The molecule has 1 amide bonds. The molecule has 0 radical (unpaired) electrons. The van der Waals surface area contributed by atoms with Crippen LogP contribution in [0, 0.1) is 12.3 Å². The molecule has 5 nitrogen and oxygen atoms in total. The quantitative estimate of drug-likeness (QED) is 0.870. The first-order chi connectivity index (χ1) is 11.0. The van der Waals surface area contributed by atoms with Crippen LogP contribution in [-0.4, -0.2) is 53.9 Å². The normalized spacial score (nSPS) is 24.6. The van der Waals surface area contributed by atoms with E-state index >= 15 is 0 Å². The summed E-state index contributed by atoms with van der Waals surface area (Å²) in [6.07, 6.45) is 1.46. The molecule has 1 aromatic carbocycles. The maximum absolute atomic E-state index is 12.9. The Balaban J connectivity index is 2.26. The van der Waals surface area contributed by atoms with Crippen molar-refractivity contribution < 1.29 is 19.7 Å². The minimum absolute atomic E-state index is 0.109. The summed E-state index contributed by atoms with van der Waals surface area (Å²) in [6, 6.07) is 5.51. The van der Waals surface area contributed by atoms with Gasteiger partial charge in [-0.25, -0.2) is 0 Å². The Labute approximate surface area is 137 Å². The second-order valence-electron chi connectivity index (χ2n) is 6.51. The Bertz CT molecular complexity index is 560. The average Bonchev–Trinajstić information content (AvgIpc) is 2.56. The van der Waals surface area contributed by atoms with Gasteiger partial charge in [0.15, 0.2) is 0 Å². The number of carbonyl (C=O) groups excluding carboxylic acids is 1. The van der Waals surface area contributed by atoms with Gasteiger partial charge in [-0.2, -0.15) is 0 Å². The van der Waals surface area contributed by atoms with Crippen LogP contribution in [0.2, 0.25) is 0 Å². The number of aryl methyl sites for hydroxylation is 1. The van der Waals surface area contributed by atoms with Crippen LogP contribution in [0.1, 0.15) is 42.1 Å². The number of amides is 1. The predicted molar refractivity (Wildman–Crippen MR) is 88.7 cm³/mol. The van der Waals surface area contributed by atoms with Gasteiger partial charge >= 0.3 is 0 Å². The molecule has 1 aliphatic heterocycles. The van der Waals surface area contributed by atoms with Crippen LogP contribution in [0.4, 0.5) is 0 Å². The SMILES string of the molecule is CCC[C@@]1(CO)CN(C(=O)c2ccc(C)cc2OC)CC[C@H]1O. The summed E-state index contributed by atoms with van der Waals surface area (Å²) in [6.45, 7) is 4.72. The van der Waals surface area contributed by atoms with Crippen LogP contribution in [0.15, 0.2) is 18.2 Å². The summed E-state index contributed by atoms with van der Waals surface area (Å²) in [5.41, 5.74) is 0.932. The fourth-order valence-electron chi connectivity index (χ4n) is 3.45. The monoisotopic (exact) mass is 321 g/mol. The Morgan fingerprint density at radius 2 is 2.22 bits per heavy atom. The lowest BCUT2D eigenvalue weighted by molar-refractivity contribution is -0.0720. The van der Waals surface area contributed by atoms with E-state index in [2.05, 4.69) is 0 Å². The first-order valence-electron chi connectivity index (χ1n) is 8.20. The van der Waals surface area contributed by atoms with Crippen LogP contribution >= 0.6 is 0 Å². The van der Waals surface area contributed by atoms with Gasteiger partial charge in [0, 0.05) is 18.5 Å². The lowest BCUT2D eigenvalue weighted by Gasteiger charge is -2.45. The second kappa shape index (κ2) is 7.32. The number of aliphatic hydroxyl groups excluding tert-OH is 2. The summed E-state index contributed by atoms with van der Waals surface area (Å²) in [5.74, 6) is 0.453. The molecule has 1 aromatic rings. The fraction of sp³-hybridized carbons (Fsp3) is 0.611. The smallest absolute Gasteiger partial charge is 0.257 e. The van der Waals surface area contributed by atoms with Gasteiger partial charge < -0.3 is 19.8 Å². The summed E-state index contributed by atoms with van der Waals surface area (Å²) < 4.78 is 5.34. The number of ether oxygens (including phenoxy) is 1. The Morgan fingerprint density at radius 3 is 2.83 bits per heavy atom. The highest BCUT2D eigenvalue weighted by molar-refractivity contribution is 5.97. The molecule has 1 fully saturated rings. The number of carbonyl (C=O) groups is 1. The van der Waals surface area contributed by atoms with Gasteiger partial charge in [0.1, 0.15) is 5.75 Å². The van der Waals surface area contributed by atoms with Crippen molar-refractivity contribution in [2.45, 2.75) is 39.2 Å². The molecule has 0 aliphatic carbocycles. The van der Waals surface area contributed by atoms with Gasteiger partial charge in [-0.15, -0.1) is 0 Å². The van der Waals surface area contributed by atoms with Gasteiger partial charge in [-0.3, -0.25) is 4.79 Å². The van der Waals surface area contributed by atoms with Crippen molar-refractivity contribution in [2.24, 2.45) is 5.41 Å². The molecule has 1 aliphatic rings. The van der Waals surface area contributed by atoms with E-state index < -0.39 is 11.5 Å². The molecular weight excluding hydrogens is 294 g/mol. The van der Waals surface area contributed by atoms with E-state index in [1.807, 2.05) is 26.0 Å². The molecule has 0 unspecified atom stereocenters. The number of likely N-dealkylation sites (tertiary alicyclic amines) is 1. The van der Waals surface area contributed by atoms with E-state index in [9.17, 15) is 15.0 Å². The molecule has 2 atom stereocenters. The average molecular weight is 321 g/mol. The van der Waals surface area contributed by atoms with E-state index in [4.69, 9.17) is 4.74 Å². The highest BCUT2D eigenvalue weighted by atomic mass is 16.5. The standard InChI is InChI=1S/C18H27NO4/c1-4-8-18(12-20)11-19(9-7-16(18)21)17(22)14-6-5-13(2)10-15(14)23-3/h5-6,10,16,20-21H,4,7-9,11-12H2,1-3H3/t16-,18+/m1/s1. The molecular formula is C18H27NO4. The van der Waals surface area contributed by atoms with Crippen LogP contribution in [0.5, 0.6) is 5.75 Å². The van der Waals surface area contributed by atoms with Gasteiger partial charge in [0.05, 0.1) is 25.4 Å². The topological polar surface area (TPSA) is 70.0 Å². The first-order valence-corrected chi connectivity index (χ1v) is 8.20. The molecule has 128 valence electrons. The lowest BCUT2D eigenvalue weighted by atomic mass is 9.74. The minimum atomic E-state index is -0.624. The largest absolute Gasteiger partial charge is 0.496 e. The molecule has 0 saturated carbocycles. The zero-order valence-electron chi connectivity index (χ0n) is 14.2. The summed E-state index contributed by atoms with van der Waals surface area (Å²) >= 11 is 0. The van der Waals surface area contributed by atoms with Crippen LogP contribution in [0.25, 0.3) is 0 Å². The Morgan fingerprint density at radius 1 is 1.48 bits per heavy atom. The molecule has 0 bridgehead atoms. The van der Waals surface area contributed by atoms with Gasteiger partial charge in [-0.1, -0.05) is 19.4 Å². The van der Waals surface area contributed by atoms with Crippen LogP contribution in [-0.2, 0) is 0 Å². The van der Waals surface area contributed by atoms with Crippen LogP contribution in [0.3, 0.4) is 0 Å². The van der Waals surface area contributed by atoms with E-state index in [1.54, 1.807) is 18.1 Å². The van der Waals surface area contributed by atoms with Crippen molar-refractivity contribution in [3.05, 3.63) is 29.3 Å². The highest BCUT2D eigenvalue weighted by Gasteiger charge is 2.43. The lowest BCUT2D eigenvalue weighted by Crippen LogP contribution is -2.55. The number of nitrogens with zero attached hydrogens (tertiary/aromatic N) is 1. The van der Waals surface area contributed by atoms with Gasteiger partial charge in [0.2, 0.25) is 0 Å². The molecule has 2 N–H and O–H groups in total. The number of piperidine rings is 1. The van der Waals surface area contributed by atoms with Crippen molar-refractivity contribution in [3.8, 4) is 5.75 Å². The number of hydrogen-bond acceptors (Lipinski definition) is 4. The molecule has 1 saturated heterocycles. The van der Waals surface area contributed by atoms with Crippen molar-refractivity contribution >= 4 is 5.91 Å². The summed E-state index contributed by atoms with van der Waals surface area (Å²) in [5, 5.41) is 20.2. The molecule has 0 spiro atoms. The molecule has 1 heterocycles. The molecule has 23 heavy (non-hydrogen) atoms. The van der Waals surface area contributed by atoms with Gasteiger partial charge in [0.25, 0.3) is 5.91 Å². The maximum atomic E-state index is 12.9. The number of rotatable bonds is 5. The third kappa shape index (κ3) is 3.51. The number of hydrogen-bond donors (Lipinski definition) is 2. The van der Waals surface area contributed by atoms with Crippen molar-refractivity contribution in [3.63, 3.8) is 0 Å². The molecule has 0 aromatic heterocycles. The van der Waals surface area contributed by atoms with Crippen molar-refractivity contribution in [1.29, 1.82) is 0 Å². The fourth-order valence-corrected chi connectivity index (χ4v) is 3.45. The predicted octanol–water partition coefficient (Wildman–Crippen LogP) is 1.99. The van der Waals surface area contributed by atoms with E-state index in [-0.39, 0.29) is 12.5 Å². The number of methoxy groups -OCH3 is 1. The number of benzene rings is 1. The molecule has 5 heteroatoms. The zero-order valence-corrected chi connectivity index (χ0v) is 14.2. The second-order valence-corrected chi connectivity index (χ2v) is 6.51. The van der Waals surface area contributed by atoms with E-state index in [0.29, 0.717) is 37.2 Å². The first kappa shape index (κ1) is 17.8. The minimum Gasteiger partial charge on any atom is -0.496 e. The third-order valence-corrected chi connectivity index (χ3v) is 4.82. The summed E-state index contributed by atoms with van der Waals surface area (Å²) in [7, 11) is 1.56. The van der Waals surface area contributed by atoms with E-state index in [1.165, 1.54) is 0 Å². The zero-order chi connectivity index (χ0) is 17.0. The van der Waals surface area contributed by atoms with Gasteiger partial charge in [-0.05, 0) is 37.5 Å². The Hall–Kier alpha value is -1.59.